The topological polar surface area (TPSA) is 104 Å². The van der Waals surface area contributed by atoms with Crippen molar-refractivity contribution in [1.29, 1.82) is 0 Å². The molecule has 0 saturated heterocycles. The summed E-state index contributed by atoms with van der Waals surface area (Å²) in [5.74, 6) is 1.88. The van der Waals surface area contributed by atoms with Crippen LogP contribution in [0.1, 0.15) is 18.2 Å². The van der Waals surface area contributed by atoms with Crippen LogP contribution in [0.25, 0.3) is 11.0 Å². The van der Waals surface area contributed by atoms with Crippen LogP contribution in [0.5, 0.6) is 5.88 Å². The Bertz CT molecular complexity index is 843. The van der Waals surface area contributed by atoms with Gasteiger partial charge >= 0.3 is 0 Å². The number of nitrogens with two attached hydrogens (primary N) is 1. The summed E-state index contributed by atoms with van der Waals surface area (Å²) in [5.41, 5.74) is 8.28. The van der Waals surface area contributed by atoms with Gasteiger partial charge in [-0.1, -0.05) is 6.92 Å². The van der Waals surface area contributed by atoms with E-state index in [0.717, 1.165) is 28.9 Å². The van der Waals surface area contributed by atoms with Crippen molar-refractivity contribution in [1.82, 2.24) is 24.7 Å². The first-order valence-electron chi connectivity index (χ1n) is 7.33. The minimum absolute atomic E-state index is 0.435. The van der Waals surface area contributed by atoms with Gasteiger partial charge < -0.3 is 15.8 Å². The SMILES string of the molecule is CCc1nn(C)c(OC)c1CNc1ncnc2nc(N)ccc12. The lowest BCUT2D eigenvalue weighted by molar-refractivity contribution is 0.370. The summed E-state index contributed by atoms with van der Waals surface area (Å²) in [6.45, 7) is 2.62. The number of nitrogens with one attached hydrogen (secondary N) is 1. The maximum Gasteiger partial charge on any atom is 0.216 e. The van der Waals surface area contributed by atoms with Crippen molar-refractivity contribution in [2.75, 3.05) is 18.2 Å². The third-order valence-corrected chi connectivity index (χ3v) is 3.65. The van der Waals surface area contributed by atoms with Crippen LogP contribution in [-0.2, 0) is 20.0 Å². The molecule has 3 heterocycles. The number of methoxy groups -OCH3 is 1. The fourth-order valence-electron chi connectivity index (χ4n) is 2.59. The molecule has 3 N–H and O–H groups in total. The Hall–Kier alpha value is -2.90. The highest BCUT2D eigenvalue weighted by molar-refractivity contribution is 5.87. The number of hydrogen-bond donors (Lipinski definition) is 2. The Morgan fingerprint density at radius 2 is 2.13 bits per heavy atom. The predicted molar refractivity (Wildman–Crippen MR) is 88.2 cm³/mol. The average Bonchev–Trinajstić information content (AvgIpc) is 2.87. The molecule has 0 unspecified atom stereocenters. The van der Waals surface area contributed by atoms with Crippen LogP contribution in [0.15, 0.2) is 18.5 Å². The molecule has 0 aliphatic heterocycles. The average molecular weight is 313 g/mol. The second-order valence-corrected chi connectivity index (χ2v) is 5.09. The van der Waals surface area contributed by atoms with E-state index in [2.05, 4.69) is 32.3 Å². The number of pyridine rings is 1. The molecule has 0 aliphatic carbocycles. The second kappa shape index (κ2) is 6.07. The standard InChI is InChI=1S/C15H19N7O/c1-4-11-10(15(23-3)22(2)21-11)7-17-13-9-5-6-12(16)20-14(9)19-8-18-13/h5-6,8H,4,7H2,1-3H3,(H3,16,17,18,19,20). The summed E-state index contributed by atoms with van der Waals surface area (Å²) in [6, 6.07) is 3.60. The monoisotopic (exact) mass is 313 g/mol. The molecule has 0 fully saturated rings. The summed E-state index contributed by atoms with van der Waals surface area (Å²) >= 11 is 0. The fourth-order valence-corrected chi connectivity index (χ4v) is 2.59. The molecular weight excluding hydrogens is 294 g/mol. The highest BCUT2D eigenvalue weighted by Gasteiger charge is 2.16. The maximum absolute atomic E-state index is 5.70. The highest BCUT2D eigenvalue weighted by Crippen LogP contribution is 2.25. The molecule has 0 spiro atoms. The molecule has 0 bridgehead atoms. The number of aryl methyl sites for hydroxylation is 2. The number of aromatic nitrogens is 5. The van der Waals surface area contributed by atoms with E-state index in [1.165, 1.54) is 6.33 Å². The van der Waals surface area contributed by atoms with Crippen molar-refractivity contribution in [3.05, 3.63) is 29.7 Å². The number of anilines is 2. The number of fused-ring (bicyclic) bond motifs is 1. The van der Waals surface area contributed by atoms with Crippen molar-refractivity contribution in [2.45, 2.75) is 19.9 Å². The van der Waals surface area contributed by atoms with Crippen LogP contribution in [-0.4, -0.2) is 31.8 Å². The molecule has 3 rings (SSSR count). The van der Waals surface area contributed by atoms with Gasteiger partial charge in [0.1, 0.15) is 18.0 Å². The number of ether oxygens (including phenoxy) is 1. The molecule has 0 aromatic carbocycles. The van der Waals surface area contributed by atoms with Crippen LogP contribution in [0, 0.1) is 0 Å². The normalized spacial score (nSPS) is 10.9. The minimum Gasteiger partial charge on any atom is -0.481 e. The van der Waals surface area contributed by atoms with Crippen molar-refractivity contribution in [3.63, 3.8) is 0 Å². The Balaban J connectivity index is 1.92. The number of rotatable bonds is 5. The summed E-state index contributed by atoms with van der Waals surface area (Å²) in [5, 5.41) is 8.62. The quantitative estimate of drug-likeness (QED) is 0.736. The third-order valence-electron chi connectivity index (χ3n) is 3.65. The zero-order valence-electron chi connectivity index (χ0n) is 13.4. The molecule has 23 heavy (non-hydrogen) atoms. The minimum atomic E-state index is 0.435. The van der Waals surface area contributed by atoms with Gasteiger partial charge in [0.05, 0.1) is 23.8 Å². The zero-order chi connectivity index (χ0) is 16.4. The van der Waals surface area contributed by atoms with Gasteiger partial charge in [0, 0.05) is 13.6 Å². The molecule has 0 saturated carbocycles. The molecule has 3 aromatic rings. The Morgan fingerprint density at radius 1 is 1.30 bits per heavy atom. The van der Waals surface area contributed by atoms with Crippen molar-refractivity contribution >= 4 is 22.7 Å². The van der Waals surface area contributed by atoms with Crippen LogP contribution >= 0.6 is 0 Å². The maximum atomic E-state index is 5.70. The molecule has 0 atom stereocenters. The molecule has 8 heteroatoms. The first kappa shape index (κ1) is 15.0. The molecule has 0 amide bonds. The molecule has 0 radical (unpaired) electrons. The first-order valence-corrected chi connectivity index (χ1v) is 7.33. The van der Waals surface area contributed by atoms with E-state index in [9.17, 15) is 0 Å². The molecule has 0 aliphatic rings. The van der Waals surface area contributed by atoms with Crippen molar-refractivity contribution in [2.24, 2.45) is 7.05 Å². The van der Waals surface area contributed by atoms with Crippen LogP contribution in [0.3, 0.4) is 0 Å². The summed E-state index contributed by atoms with van der Waals surface area (Å²) in [6.07, 6.45) is 2.30. The number of hydrogen-bond acceptors (Lipinski definition) is 7. The second-order valence-electron chi connectivity index (χ2n) is 5.09. The summed E-state index contributed by atoms with van der Waals surface area (Å²) in [4.78, 5) is 12.7. The molecule has 120 valence electrons. The lowest BCUT2D eigenvalue weighted by Gasteiger charge is -2.09. The van der Waals surface area contributed by atoms with Crippen molar-refractivity contribution < 1.29 is 4.74 Å². The Morgan fingerprint density at radius 3 is 2.87 bits per heavy atom. The van der Waals surface area contributed by atoms with Gasteiger partial charge in [-0.2, -0.15) is 5.10 Å². The van der Waals surface area contributed by atoms with Crippen LogP contribution in [0.2, 0.25) is 0 Å². The third kappa shape index (κ3) is 2.75. The fraction of sp³-hybridized carbons (Fsp3) is 0.333. The summed E-state index contributed by atoms with van der Waals surface area (Å²) < 4.78 is 7.20. The smallest absolute Gasteiger partial charge is 0.216 e. The predicted octanol–water partition coefficient (Wildman–Crippen LogP) is 1.52. The van der Waals surface area contributed by atoms with E-state index in [-0.39, 0.29) is 0 Å². The Labute approximate surface area is 133 Å². The van der Waals surface area contributed by atoms with E-state index in [0.29, 0.717) is 23.8 Å². The van der Waals surface area contributed by atoms with Gasteiger partial charge in [-0.3, -0.25) is 0 Å². The number of nitrogens with zero attached hydrogens (tertiary/aromatic N) is 5. The van der Waals surface area contributed by atoms with E-state index >= 15 is 0 Å². The van der Waals surface area contributed by atoms with Gasteiger partial charge in [-0.05, 0) is 18.6 Å². The van der Waals surface area contributed by atoms with Crippen molar-refractivity contribution in [3.8, 4) is 5.88 Å². The highest BCUT2D eigenvalue weighted by atomic mass is 16.5. The molecule has 3 aromatic heterocycles. The van der Waals surface area contributed by atoms with Gasteiger partial charge in [0.15, 0.2) is 5.65 Å². The van der Waals surface area contributed by atoms with Gasteiger partial charge in [-0.25, -0.2) is 19.6 Å². The van der Waals surface area contributed by atoms with Crippen LogP contribution in [0.4, 0.5) is 11.6 Å². The first-order chi connectivity index (χ1) is 11.1. The molecule has 8 nitrogen and oxygen atoms in total. The van der Waals surface area contributed by atoms with E-state index in [1.807, 2.05) is 13.1 Å². The van der Waals surface area contributed by atoms with E-state index in [4.69, 9.17) is 10.5 Å². The summed E-state index contributed by atoms with van der Waals surface area (Å²) in [7, 11) is 3.51. The zero-order valence-corrected chi connectivity index (χ0v) is 13.4. The van der Waals surface area contributed by atoms with Crippen LogP contribution < -0.4 is 15.8 Å². The van der Waals surface area contributed by atoms with Gasteiger partial charge in [0.25, 0.3) is 0 Å². The lowest BCUT2D eigenvalue weighted by Crippen LogP contribution is -2.06. The van der Waals surface area contributed by atoms with Gasteiger partial charge in [-0.15, -0.1) is 0 Å². The number of nitrogen functional groups attached to an aromatic ring is 1. The largest absolute Gasteiger partial charge is 0.481 e. The van der Waals surface area contributed by atoms with Gasteiger partial charge in [0.2, 0.25) is 5.88 Å². The van der Waals surface area contributed by atoms with E-state index < -0.39 is 0 Å². The molecular formula is C15H19N7O. The Kier molecular flexibility index (Phi) is 3.96. The van der Waals surface area contributed by atoms with E-state index in [1.54, 1.807) is 17.9 Å². The lowest BCUT2D eigenvalue weighted by atomic mass is 10.2.